The van der Waals surface area contributed by atoms with E-state index in [1.54, 1.807) is 0 Å². The van der Waals surface area contributed by atoms with Crippen LogP contribution in [0.2, 0.25) is 0 Å². The number of hydrogen-bond acceptors (Lipinski definition) is 4. The SMILES string of the molecule is CCOc1ccc2ccc3c(c2n1)OCO3. The van der Waals surface area contributed by atoms with Crippen LogP contribution in [0.1, 0.15) is 6.92 Å². The second kappa shape index (κ2) is 3.56. The molecule has 0 spiro atoms. The molecule has 16 heavy (non-hydrogen) atoms. The molecule has 4 nitrogen and oxygen atoms in total. The Kier molecular flexibility index (Phi) is 2.06. The minimum atomic E-state index is 0.259. The fourth-order valence-corrected chi connectivity index (χ4v) is 1.76. The number of rotatable bonds is 2. The number of fused-ring (bicyclic) bond motifs is 3. The Morgan fingerprint density at radius 3 is 3.00 bits per heavy atom. The van der Waals surface area contributed by atoms with Gasteiger partial charge in [-0.25, -0.2) is 4.98 Å². The van der Waals surface area contributed by atoms with Gasteiger partial charge in [0.25, 0.3) is 0 Å². The van der Waals surface area contributed by atoms with Crippen molar-refractivity contribution >= 4 is 10.9 Å². The lowest BCUT2D eigenvalue weighted by Gasteiger charge is -2.05. The molecule has 1 aliphatic rings. The summed E-state index contributed by atoms with van der Waals surface area (Å²) in [7, 11) is 0. The fraction of sp³-hybridized carbons (Fsp3) is 0.250. The van der Waals surface area contributed by atoms with Crippen LogP contribution in [0.3, 0.4) is 0 Å². The zero-order valence-electron chi connectivity index (χ0n) is 8.90. The molecule has 82 valence electrons. The Balaban J connectivity index is 2.20. The van der Waals surface area contributed by atoms with Gasteiger partial charge in [0, 0.05) is 11.5 Å². The van der Waals surface area contributed by atoms with Gasteiger partial charge in [-0.3, -0.25) is 0 Å². The normalized spacial score (nSPS) is 13.1. The van der Waals surface area contributed by atoms with Gasteiger partial charge in [0.05, 0.1) is 6.61 Å². The average Bonchev–Trinajstić information content (AvgIpc) is 2.78. The second-order valence-electron chi connectivity index (χ2n) is 3.45. The van der Waals surface area contributed by atoms with Crippen molar-refractivity contribution in [3.63, 3.8) is 0 Å². The second-order valence-corrected chi connectivity index (χ2v) is 3.45. The molecule has 0 bridgehead atoms. The molecule has 0 fully saturated rings. The molecule has 0 saturated heterocycles. The van der Waals surface area contributed by atoms with Crippen molar-refractivity contribution in [2.45, 2.75) is 6.92 Å². The predicted molar refractivity (Wildman–Crippen MR) is 59.0 cm³/mol. The number of aromatic nitrogens is 1. The molecule has 0 unspecified atom stereocenters. The summed E-state index contributed by atoms with van der Waals surface area (Å²) < 4.78 is 16.1. The molecule has 0 amide bonds. The third kappa shape index (κ3) is 1.34. The van der Waals surface area contributed by atoms with Gasteiger partial charge in [-0.1, -0.05) is 0 Å². The minimum Gasteiger partial charge on any atom is -0.478 e. The monoisotopic (exact) mass is 217 g/mol. The van der Waals surface area contributed by atoms with Crippen LogP contribution in [0.25, 0.3) is 10.9 Å². The summed E-state index contributed by atoms with van der Waals surface area (Å²) in [4.78, 5) is 4.41. The first-order valence-electron chi connectivity index (χ1n) is 5.20. The first-order chi connectivity index (χ1) is 7.88. The first-order valence-corrected chi connectivity index (χ1v) is 5.20. The van der Waals surface area contributed by atoms with Gasteiger partial charge >= 0.3 is 0 Å². The third-order valence-corrected chi connectivity index (χ3v) is 2.46. The Morgan fingerprint density at radius 1 is 1.25 bits per heavy atom. The molecule has 2 aromatic rings. The van der Waals surface area contributed by atoms with Crippen LogP contribution in [0.15, 0.2) is 24.3 Å². The van der Waals surface area contributed by atoms with E-state index in [9.17, 15) is 0 Å². The quantitative estimate of drug-likeness (QED) is 0.774. The predicted octanol–water partition coefficient (Wildman–Crippen LogP) is 2.36. The number of pyridine rings is 1. The van der Waals surface area contributed by atoms with Gasteiger partial charge in [0.2, 0.25) is 12.7 Å². The summed E-state index contributed by atoms with van der Waals surface area (Å²) in [6.45, 7) is 2.79. The molecule has 0 atom stereocenters. The molecule has 4 heteroatoms. The van der Waals surface area contributed by atoms with E-state index >= 15 is 0 Å². The first kappa shape index (κ1) is 9.27. The topological polar surface area (TPSA) is 40.6 Å². The summed E-state index contributed by atoms with van der Waals surface area (Å²) in [5.41, 5.74) is 0.793. The zero-order chi connectivity index (χ0) is 11.0. The fourth-order valence-electron chi connectivity index (χ4n) is 1.76. The number of ether oxygens (including phenoxy) is 3. The highest BCUT2D eigenvalue weighted by atomic mass is 16.7. The van der Waals surface area contributed by atoms with E-state index in [-0.39, 0.29) is 6.79 Å². The van der Waals surface area contributed by atoms with Crippen LogP contribution in [0.5, 0.6) is 17.4 Å². The summed E-state index contributed by atoms with van der Waals surface area (Å²) >= 11 is 0. The van der Waals surface area contributed by atoms with Crippen molar-refractivity contribution in [2.24, 2.45) is 0 Å². The highest BCUT2D eigenvalue weighted by Gasteiger charge is 2.17. The lowest BCUT2D eigenvalue weighted by molar-refractivity contribution is 0.174. The lowest BCUT2D eigenvalue weighted by atomic mass is 10.2. The van der Waals surface area contributed by atoms with Crippen molar-refractivity contribution in [1.29, 1.82) is 0 Å². The molecule has 2 heterocycles. The van der Waals surface area contributed by atoms with E-state index in [1.165, 1.54) is 0 Å². The smallest absolute Gasteiger partial charge is 0.231 e. The van der Waals surface area contributed by atoms with Crippen LogP contribution in [0.4, 0.5) is 0 Å². The van der Waals surface area contributed by atoms with Crippen molar-refractivity contribution in [3.05, 3.63) is 24.3 Å². The zero-order valence-corrected chi connectivity index (χ0v) is 8.90. The Hall–Kier alpha value is -1.97. The molecule has 0 radical (unpaired) electrons. The van der Waals surface area contributed by atoms with Crippen LogP contribution in [-0.4, -0.2) is 18.4 Å². The number of nitrogens with zero attached hydrogens (tertiary/aromatic N) is 1. The number of benzene rings is 1. The molecule has 1 aliphatic heterocycles. The maximum Gasteiger partial charge on any atom is 0.231 e. The summed E-state index contributed by atoms with van der Waals surface area (Å²) in [6, 6.07) is 7.68. The Labute approximate surface area is 92.8 Å². The lowest BCUT2D eigenvalue weighted by Crippen LogP contribution is -1.95. The van der Waals surface area contributed by atoms with Crippen molar-refractivity contribution < 1.29 is 14.2 Å². The van der Waals surface area contributed by atoms with Crippen molar-refractivity contribution in [2.75, 3.05) is 13.4 Å². The van der Waals surface area contributed by atoms with Crippen LogP contribution >= 0.6 is 0 Å². The molecule has 0 N–H and O–H groups in total. The van der Waals surface area contributed by atoms with E-state index in [2.05, 4.69) is 4.98 Å². The van der Waals surface area contributed by atoms with Gasteiger partial charge < -0.3 is 14.2 Å². The van der Waals surface area contributed by atoms with Gasteiger partial charge in [-0.15, -0.1) is 0 Å². The molecule has 0 saturated carbocycles. The summed E-state index contributed by atoms with van der Waals surface area (Å²) in [5.74, 6) is 2.06. The van der Waals surface area contributed by atoms with Crippen molar-refractivity contribution in [3.8, 4) is 17.4 Å². The van der Waals surface area contributed by atoms with Gasteiger partial charge in [-0.2, -0.15) is 0 Å². The summed E-state index contributed by atoms with van der Waals surface area (Å²) in [5, 5.41) is 1.02. The Morgan fingerprint density at radius 2 is 2.12 bits per heavy atom. The van der Waals surface area contributed by atoms with Gasteiger partial charge in [-0.05, 0) is 25.1 Å². The van der Waals surface area contributed by atoms with E-state index in [4.69, 9.17) is 14.2 Å². The molecule has 1 aromatic carbocycles. The highest BCUT2D eigenvalue weighted by molar-refractivity contribution is 5.88. The third-order valence-electron chi connectivity index (χ3n) is 2.46. The average molecular weight is 217 g/mol. The molecular formula is C12H11NO3. The Bertz CT molecular complexity index is 539. The maximum atomic E-state index is 5.40. The van der Waals surface area contributed by atoms with Crippen LogP contribution < -0.4 is 14.2 Å². The van der Waals surface area contributed by atoms with E-state index < -0.39 is 0 Å². The van der Waals surface area contributed by atoms with E-state index in [0.29, 0.717) is 18.2 Å². The standard InChI is InChI=1S/C12H11NO3/c1-2-14-10-6-4-8-3-5-9-12(11(8)13-10)16-7-15-9/h3-6H,2,7H2,1H3. The van der Waals surface area contributed by atoms with E-state index in [1.807, 2.05) is 31.2 Å². The molecule has 1 aromatic heterocycles. The van der Waals surface area contributed by atoms with Crippen LogP contribution in [-0.2, 0) is 0 Å². The van der Waals surface area contributed by atoms with Crippen molar-refractivity contribution in [1.82, 2.24) is 4.98 Å². The van der Waals surface area contributed by atoms with Crippen LogP contribution in [0, 0.1) is 0 Å². The number of hydrogen-bond donors (Lipinski definition) is 0. The highest BCUT2D eigenvalue weighted by Crippen LogP contribution is 2.38. The molecule has 3 rings (SSSR count). The molecular weight excluding hydrogens is 206 g/mol. The summed E-state index contributed by atoms with van der Waals surface area (Å²) in [6.07, 6.45) is 0. The van der Waals surface area contributed by atoms with Gasteiger partial charge in [0.15, 0.2) is 11.5 Å². The molecule has 0 aliphatic carbocycles. The maximum absolute atomic E-state index is 5.40. The largest absolute Gasteiger partial charge is 0.478 e. The van der Waals surface area contributed by atoms with Gasteiger partial charge in [0.1, 0.15) is 5.52 Å². The van der Waals surface area contributed by atoms with E-state index in [0.717, 1.165) is 16.7 Å². The minimum absolute atomic E-state index is 0.259.